The minimum Gasteiger partial charge on any atom is -0.495 e. The molecule has 5 heteroatoms. The highest BCUT2D eigenvalue weighted by Crippen LogP contribution is 2.21. The molecule has 1 N–H and O–H groups in total. The molecule has 5 nitrogen and oxygen atoms in total. The smallest absolute Gasteiger partial charge is 0.222 e. The van der Waals surface area contributed by atoms with Crippen LogP contribution in [0.2, 0.25) is 0 Å². The topological polar surface area (TPSA) is 65.4 Å². The van der Waals surface area contributed by atoms with Gasteiger partial charge in [-0.05, 0) is 30.0 Å². The molecule has 1 aliphatic heterocycles. The SMILES string of the molecule is CCC(=O)N1CC[C@H](NCc2ccc(OC)c(C#N)c2)[C@H](C)C1. The summed E-state index contributed by atoms with van der Waals surface area (Å²) < 4.78 is 5.17. The van der Waals surface area contributed by atoms with Crippen molar-refractivity contribution in [1.82, 2.24) is 10.2 Å². The number of hydrogen-bond acceptors (Lipinski definition) is 4. The van der Waals surface area contributed by atoms with Crippen molar-refractivity contribution in [3.05, 3.63) is 29.3 Å². The lowest BCUT2D eigenvalue weighted by atomic mass is 9.93. The van der Waals surface area contributed by atoms with Crippen molar-refractivity contribution < 1.29 is 9.53 Å². The second-order valence-corrected chi connectivity index (χ2v) is 6.09. The molecule has 1 fully saturated rings. The minimum absolute atomic E-state index is 0.240. The number of rotatable bonds is 5. The van der Waals surface area contributed by atoms with E-state index in [2.05, 4.69) is 18.3 Å². The molecule has 1 amide bonds. The van der Waals surface area contributed by atoms with Gasteiger partial charge in [0.15, 0.2) is 0 Å². The molecule has 1 heterocycles. The molecule has 1 aliphatic rings. The Morgan fingerprint density at radius 1 is 1.52 bits per heavy atom. The fourth-order valence-electron chi connectivity index (χ4n) is 3.10. The molecule has 2 rings (SSSR count). The number of methoxy groups -OCH3 is 1. The van der Waals surface area contributed by atoms with Crippen LogP contribution < -0.4 is 10.1 Å². The standard InChI is InChI=1S/C18H25N3O2/c1-4-18(22)21-8-7-16(13(2)12-21)20-11-14-5-6-17(23-3)15(9-14)10-19/h5-6,9,13,16,20H,4,7-8,11-12H2,1-3H3/t13-,16+/m1/s1. The first-order valence-electron chi connectivity index (χ1n) is 8.17. The van der Waals surface area contributed by atoms with Gasteiger partial charge in [0, 0.05) is 32.1 Å². The summed E-state index contributed by atoms with van der Waals surface area (Å²) in [4.78, 5) is 13.8. The van der Waals surface area contributed by atoms with Crippen LogP contribution in [-0.2, 0) is 11.3 Å². The predicted molar refractivity (Wildman–Crippen MR) is 89.0 cm³/mol. The lowest BCUT2D eigenvalue weighted by Crippen LogP contribution is -2.49. The van der Waals surface area contributed by atoms with Gasteiger partial charge >= 0.3 is 0 Å². The number of ether oxygens (including phenoxy) is 1. The normalized spacial score (nSPS) is 20.9. The Labute approximate surface area is 138 Å². The third-order valence-electron chi connectivity index (χ3n) is 4.51. The maximum Gasteiger partial charge on any atom is 0.222 e. The van der Waals surface area contributed by atoms with Gasteiger partial charge in [-0.3, -0.25) is 4.79 Å². The van der Waals surface area contributed by atoms with Gasteiger partial charge in [-0.1, -0.05) is 19.9 Å². The van der Waals surface area contributed by atoms with Gasteiger partial charge in [-0.25, -0.2) is 0 Å². The van der Waals surface area contributed by atoms with Crippen molar-refractivity contribution in [3.8, 4) is 11.8 Å². The average Bonchev–Trinajstić information content (AvgIpc) is 2.59. The van der Waals surface area contributed by atoms with E-state index in [1.54, 1.807) is 7.11 Å². The van der Waals surface area contributed by atoms with E-state index in [1.807, 2.05) is 30.0 Å². The molecule has 2 atom stereocenters. The number of amides is 1. The number of hydrogen-bond donors (Lipinski definition) is 1. The van der Waals surface area contributed by atoms with Gasteiger partial charge < -0.3 is 15.0 Å². The summed E-state index contributed by atoms with van der Waals surface area (Å²) >= 11 is 0. The van der Waals surface area contributed by atoms with E-state index in [4.69, 9.17) is 10.00 Å². The summed E-state index contributed by atoms with van der Waals surface area (Å²) in [5, 5.41) is 12.7. The average molecular weight is 315 g/mol. The zero-order valence-electron chi connectivity index (χ0n) is 14.1. The van der Waals surface area contributed by atoms with Crippen LogP contribution in [0.1, 0.15) is 37.8 Å². The predicted octanol–water partition coefficient (Wildman–Crippen LogP) is 2.30. The number of carbonyl (C=O) groups excluding carboxylic acids is 1. The summed E-state index contributed by atoms with van der Waals surface area (Å²) in [5.74, 6) is 1.27. The van der Waals surface area contributed by atoms with Gasteiger partial charge in [0.2, 0.25) is 5.91 Å². The molecule has 0 unspecified atom stereocenters. The van der Waals surface area contributed by atoms with Crippen LogP contribution in [0.15, 0.2) is 18.2 Å². The quantitative estimate of drug-likeness (QED) is 0.905. The molecule has 0 saturated carbocycles. The Kier molecular flexibility index (Phi) is 6.00. The van der Waals surface area contributed by atoms with Gasteiger partial charge in [-0.15, -0.1) is 0 Å². The minimum atomic E-state index is 0.240. The second-order valence-electron chi connectivity index (χ2n) is 6.09. The Morgan fingerprint density at radius 3 is 2.91 bits per heavy atom. The van der Waals surface area contributed by atoms with Crippen molar-refractivity contribution in [2.75, 3.05) is 20.2 Å². The van der Waals surface area contributed by atoms with Crippen LogP contribution in [0.25, 0.3) is 0 Å². The zero-order chi connectivity index (χ0) is 16.8. The molecule has 0 radical (unpaired) electrons. The van der Waals surface area contributed by atoms with Crippen LogP contribution in [0.4, 0.5) is 0 Å². The van der Waals surface area contributed by atoms with Crippen molar-refractivity contribution in [1.29, 1.82) is 5.26 Å². The summed E-state index contributed by atoms with van der Waals surface area (Å²) in [5.41, 5.74) is 1.63. The Hall–Kier alpha value is -2.06. The largest absolute Gasteiger partial charge is 0.495 e. The third kappa shape index (κ3) is 4.23. The summed E-state index contributed by atoms with van der Waals surface area (Å²) in [6.07, 6.45) is 1.54. The van der Waals surface area contributed by atoms with E-state index in [1.165, 1.54) is 0 Å². The van der Waals surface area contributed by atoms with E-state index in [-0.39, 0.29) is 5.91 Å². The maximum atomic E-state index is 11.8. The Balaban J connectivity index is 1.92. The molecule has 1 aromatic carbocycles. The molecule has 1 aromatic rings. The van der Waals surface area contributed by atoms with E-state index in [0.29, 0.717) is 29.7 Å². The van der Waals surface area contributed by atoms with E-state index >= 15 is 0 Å². The molecule has 0 aromatic heterocycles. The fraction of sp³-hybridized carbons (Fsp3) is 0.556. The number of nitrogens with zero attached hydrogens (tertiary/aromatic N) is 2. The molecule has 0 spiro atoms. The lowest BCUT2D eigenvalue weighted by Gasteiger charge is -2.37. The zero-order valence-corrected chi connectivity index (χ0v) is 14.1. The molecule has 1 saturated heterocycles. The van der Waals surface area contributed by atoms with Crippen molar-refractivity contribution in [3.63, 3.8) is 0 Å². The van der Waals surface area contributed by atoms with Crippen molar-refractivity contribution in [2.45, 2.75) is 39.3 Å². The molecular weight excluding hydrogens is 290 g/mol. The number of carbonyl (C=O) groups is 1. The molecule has 23 heavy (non-hydrogen) atoms. The lowest BCUT2D eigenvalue weighted by molar-refractivity contribution is -0.132. The highest BCUT2D eigenvalue weighted by Gasteiger charge is 2.27. The molecule has 0 bridgehead atoms. The number of piperidine rings is 1. The third-order valence-corrected chi connectivity index (χ3v) is 4.51. The van der Waals surface area contributed by atoms with Crippen LogP contribution >= 0.6 is 0 Å². The Morgan fingerprint density at radius 2 is 2.30 bits per heavy atom. The second kappa shape index (κ2) is 7.98. The first kappa shape index (κ1) is 17.3. The highest BCUT2D eigenvalue weighted by atomic mass is 16.5. The van der Waals surface area contributed by atoms with E-state index in [0.717, 1.165) is 31.6 Å². The first-order chi connectivity index (χ1) is 11.1. The molecule has 124 valence electrons. The van der Waals surface area contributed by atoms with Crippen LogP contribution in [-0.4, -0.2) is 37.0 Å². The number of nitriles is 1. The van der Waals surface area contributed by atoms with Crippen LogP contribution in [0, 0.1) is 17.2 Å². The number of benzene rings is 1. The highest BCUT2D eigenvalue weighted by molar-refractivity contribution is 5.75. The van der Waals surface area contributed by atoms with Gasteiger partial charge in [0.1, 0.15) is 11.8 Å². The maximum absolute atomic E-state index is 11.8. The summed E-state index contributed by atoms with van der Waals surface area (Å²) in [6, 6.07) is 8.23. The monoisotopic (exact) mass is 315 g/mol. The van der Waals surface area contributed by atoms with Gasteiger partial charge in [0.25, 0.3) is 0 Å². The van der Waals surface area contributed by atoms with Crippen LogP contribution in [0.3, 0.4) is 0 Å². The summed E-state index contributed by atoms with van der Waals surface area (Å²) in [6.45, 7) is 6.45. The number of nitrogens with one attached hydrogen (secondary N) is 1. The molecular formula is C18H25N3O2. The Bertz CT molecular complexity index is 594. The molecule has 0 aliphatic carbocycles. The number of likely N-dealkylation sites (tertiary alicyclic amines) is 1. The van der Waals surface area contributed by atoms with Gasteiger partial charge in [0.05, 0.1) is 12.7 Å². The van der Waals surface area contributed by atoms with Crippen molar-refractivity contribution >= 4 is 5.91 Å². The summed E-state index contributed by atoms with van der Waals surface area (Å²) in [7, 11) is 1.57. The fourth-order valence-corrected chi connectivity index (χ4v) is 3.10. The van der Waals surface area contributed by atoms with Gasteiger partial charge in [-0.2, -0.15) is 5.26 Å². The van der Waals surface area contributed by atoms with Crippen LogP contribution in [0.5, 0.6) is 5.75 Å². The first-order valence-corrected chi connectivity index (χ1v) is 8.17. The van der Waals surface area contributed by atoms with E-state index in [9.17, 15) is 4.79 Å². The van der Waals surface area contributed by atoms with E-state index < -0.39 is 0 Å². The van der Waals surface area contributed by atoms with Crippen molar-refractivity contribution in [2.24, 2.45) is 5.92 Å².